The molecular formula is C22H28FN6O7P. The van der Waals surface area contributed by atoms with Crippen LogP contribution in [0.4, 0.5) is 10.2 Å². The highest BCUT2D eigenvalue weighted by molar-refractivity contribution is 7.52. The van der Waals surface area contributed by atoms with Crippen LogP contribution in [0.3, 0.4) is 0 Å². The zero-order valence-electron chi connectivity index (χ0n) is 20.4. The Morgan fingerprint density at radius 1 is 1.32 bits per heavy atom. The van der Waals surface area contributed by atoms with Crippen molar-refractivity contribution < 1.29 is 37.4 Å². The molecule has 2 aromatic heterocycles. The normalized spacial score (nSPS) is 22.2. The maximum absolute atomic E-state index is 13.7. The van der Waals surface area contributed by atoms with Crippen molar-refractivity contribution in [2.24, 2.45) is 0 Å². The minimum atomic E-state index is -4.15. The van der Waals surface area contributed by atoms with Gasteiger partial charge in [0.15, 0.2) is 17.0 Å². The number of nitrogens with one attached hydrogen (secondary N) is 1. The molecule has 13 nitrogen and oxygen atoms in total. The molecule has 1 unspecified atom stereocenters. The maximum Gasteiger partial charge on any atom is 0.459 e. The molecule has 1 fully saturated rings. The number of carbonyl (C=O) groups is 1. The number of carbonyl (C=O) groups excluding carboxylic acids is 1. The summed E-state index contributed by atoms with van der Waals surface area (Å²) in [7, 11) is -4.15. The molecule has 5 atom stereocenters. The second-order valence-electron chi connectivity index (χ2n) is 8.67. The number of anilines is 1. The number of hydrogen-bond donors (Lipinski definition) is 3. The lowest BCUT2D eigenvalue weighted by atomic mass is 10.2. The SMILES string of the molecule is CC(C)OC(=O)[C@@H](C)NP(=O)(OC[C@H]1O[C@@H](n2cnc3c(N)nc(F)nc32)C[C@@H]1O)Oc1ccccc1. The lowest BCUT2D eigenvalue weighted by molar-refractivity contribution is -0.149. The summed E-state index contributed by atoms with van der Waals surface area (Å²) in [4.78, 5) is 23.5. The number of para-hydroxylation sites is 1. The smallest absolute Gasteiger partial charge is 0.459 e. The molecular weight excluding hydrogens is 510 g/mol. The summed E-state index contributed by atoms with van der Waals surface area (Å²) in [5.74, 6) is -0.541. The average molecular weight is 538 g/mol. The lowest BCUT2D eigenvalue weighted by Crippen LogP contribution is -2.37. The number of halogens is 1. The summed E-state index contributed by atoms with van der Waals surface area (Å²) in [6.45, 7) is 4.48. The number of hydrogen-bond acceptors (Lipinski definition) is 11. The third kappa shape index (κ3) is 6.40. The number of aliphatic hydroxyl groups is 1. The fourth-order valence-electron chi connectivity index (χ4n) is 3.66. The van der Waals surface area contributed by atoms with Crippen LogP contribution in [0.5, 0.6) is 5.75 Å². The molecule has 1 saturated heterocycles. The summed E-state index contributed by atoms with van der Waals surface area (Å²) in [6, 6.07) is 7.22. The van der Waals surface area contributed by atoms with E-state index in [2.05, 4.69) is 20.0 Å². The third-order valence-electron chi connectivity index (χ3n) is 5.37. The second kappa shape index (κ2) is 11.1. The van der Waals surface area contributed by atoms with E-state index in [-0.39, 0.29) is 41.9 Å². The Labute approximate surface area is 211 Å². The van der Waals surface area contributed by atoms with Crippen molar-refractivity contribution in [3.8, 4) is 5.75 Å². The van der Waals surface area contributed by atoms with E-state index >= 15 is 0 Å². The first-order valence-electron chi connectivity index (χ1n) is 11.5. The molecule has 1 aromatic carbocycles. The van der Waals surface area contributed by atoms with Crippen LogP contribution in [0, 0.1) is 6.08 Å². The molecule has 1 aliphatic heterocycles. The number of ether oxygens (including phenoxy) is 2. The van der Waals surface area contributed by atoms with Crippen LogP contribution in [0.25, 0.3) is 11.2 Å². The van der Waals surface area contributed by atoms with Gasteiger partial charge >= 0.3 is 19.8 Å². The first kappa shape index (κ1) is 26.9. The molecule has 0 aliphatic carbocycles. The summed E-state index contributed by atoms with van der Waals surface area (Å²) in [5, 5.41) is 13.2. The van der Waals surface area contributed by atoms with Crippen LogP contribution in [0.1, 0.15) is 33.4 Å². The zero-order valence-corrected chi connectivity index (χ0v) is 21.2. The van der Waals surface area contributed by atoms with Crippen molar-refractivity contribution in [1.82, 2.24) is 24.6 Å². The highest BCUT2D eigenvalue weighted by atomic mass is 31.2. The van der Waals surface area contributed by atoms with Crippen molar-refractivity contribution in [3.05, 3.63) is 42.7 Å². The average Bonchev–Trinajstić information content (AvgIpc) is 3.41. The monoisotopic (exact) mass is 538 g/mol. The lowest BCUT2D eigenvalue weighted by Gasteiger charge is -2.25. The number of rotatable bonds is 10. The molecule has 0 radical (unpaired) electrons. The Bertz CT molecular complexity index is 1290. The summed E-state index contributed by atoms with van der Waals surface area (Å²) < 4.78 is 51.0. The van der Waals surface area contributed by atoms with Gasteiger partial charge in [-0.2, -0.15) is 19.4 Å². The fourth-order valence-corrected chi connectivity index (χ4v) is 5.17. The highest BCUT2D eigenvalue weighted by Gasteiger charge is 2.40. The van der Waals surface area contributed by atoms with Crippen molar-refractivity contribution in [2.45, 2.75) is 57.8 Å². The summed E-state index contributed by atoms with van der Waals surface area (Å²) in [5.41, 5.74) is 5.99. The highest BCUT2D eigenvalue weighted by Crippen LogP contribution is 2.46. The van der Waals surface area contributed by atoms with Gasteiger partial charge in [-0.3, -0.25) is 13.9 Å². The van der Waals surface area contributed by atoms with Crippen LogP contribution in [0.2, 0.25) is 0 Å². The van der Waals surface area contributed by atoms with E-state index in [1.807, 2.05) is 0 Å². The minimum absolute atomic E-state index is 0.0827. The number of nitrogens with zero attached hydrogens (tertiary/aromatic N) is 4. The maximum atomic E-state index is 13.7. The predicted octanol–water partition coefficient (Wildman–Crippen LogP) is 2.33. The second-order valence-corrected chi connectivity index (χ2v) is 10.4. The number of benzene rings is 1. The van der Waals surface area contributed by atoms with Gasteiger partial charge in [-0.1, -0.05) is 18.2 Å². The van der Waals surface area contributed by atoms with E-state index in [9.17, 15) is 18.9 Å². The van der Waals surface area contributed by atoms with Gasteiger partial charge in [-0.25, -0.2) is 9.55 Å². The van der Waals surface area contributed by atoms with Crippen molar-refractivity contribution in [2.75, 3.05) is 12.3 Å². The molecule has 15 heteroatoms. The van der Waals surface area contributed by atoms with E-state index in [4.69, 9.17) is 24.3 Å². The van der Waals surface area contributed by atoms with E-state index in [0.29, 0.717) is 0 Å². The third-order valence-corrected chi connectivity index (χ3v) is 7.01. The zero-order chi connectivity index (χ0) is 26.7. The number of esters is 1. The van der Waals surface area contributed by atoms with Gasteiger partial charge in [0, 0.05) is 6.42 Å². The molecule has 1 aliphatic rings. The number of nitrogen functional groups attached to an aromatic ring is 1. The number of fused-ring (bicyclic) bond motifs is 1. The first-order chi connectivity index (χ1) is 17.5. The summed E-state index contributed by atoms with van der Waals surface area (Å²) >= 11 is 0. The van der Waals surface area contributed by atoms with Crippen molar-refractivity contribution >= 4 is 30.7 Å². The Morgan fingerprint density at radius 3 is 2.76 bits per heavy atom. The van der Waals surface area contributed by atoms with Gasteiger partial charge in [0.25, 0.3) is 0 Å². The molecule has 4 rings (SSSR count). The number of nitrogens with two attached hydrogens (primary N) is 1. The molecule has 37 heavy (non-hydrogen) atoms. The summed E-state index contributed by atoms with van der Waals surface area (Å²) in [6.07, 6.45) is -2.74. The molecule has 0 saturated carbocycles. The Balaban J connectivity index is 1.48. The number of aromatic nitrogens is 4. The van der Waals surface area contributed by atoms with Gasteiger partial charge in [0.2, 0.25) is 0 Å². The molecule has 4 N–H and O–H groups in total. The predicted molar refractivity (Wildman–Crippen MR) is 129 cm³/mol. The van der Waals surface area contributed by atoms with Gasteiger partial charge in [0.05, 0.1) is 25.1 Å². The van der Waals surface area contributed by atoms with Crippen LogP contribution in [0.15, 0.2) is 36.7 Å². The molecule has 3 aromatic rings. The van der Waals surface area contributed by atoms with E-state index < -0.39 is 44.3 Å². The number of aliphatic hydroxyl groups excluding tert-OH is 1. The van der Waals surface area contributed by atoms with Gasteiger partial charge < -0.3 is 24.8 Å². The van der Waals surface area contributed by atoms with Crippen molar-refractivity contribution in [1.29, 1.82) is 0 Å². The topological polar surface area (TPSA) is 173 Å². The Morgan fingerprint density at radius 2 is 2.05 bits per heavy atom. The number of imidazole rings is 1. The molecule has 0 amide bonds. The quantitative estimate of drug-likeness (QED) is 0.196. The fraction of sp³-hybridized carbons (Fsp3) is 0.455. The van der Waals surface area contributed by atoms with E-state index in [1.54, 1.807) is 44.2 Å². The molecule has 0 bridgehead atoms. The first-order valence-corrected chi connectivity index (χ1v) is 13.1. The largest absolute Gasteiger partial charge is 0.462 e. The van der Waals surface area contributed by atoms with Crippen LogP contribution >= 0.6 is 7.75 Å². The van der Waals surface area contributed by atoms with Gasteiger partial charge in [0.1, 0.15) is 24.1 Å². The Kier molecular flexibility index (Phi) is 8.05. The standard InChI is InChI=1S/C22H28FN6O7P/c1-12(2)34-21(31)13(3)28-37(32,36-14-7-5-4-6-8-14)33-10-16-15(30)9-17(35-16)29-11-25-18-19(24)26-22(23)27-20(18)29/h4-8,11-13,15-17,30H,9-10H2,1-3H3,(H,28,32)(H2,24,26,27)/t13-,15+,16-,17-,37?/m1/s1. The van der Waals surface area contributed by atoms with E-state index in [0.717, 1.165) is 0 Å². The molecule has 3 heterocycles. The van der Waals surface area contributed by atoms with Crippen LogP contribution < -0.4 is 15.3 Å². The molecule has 200 valence electrons. The minimum Gasteiger partial charge on any atom is -0.462 e. The van der Waals surface area contributed by atoms with Crippen LogP contribution in [-0.2, 0) is 23.4 Å². The van der Waals surface area contributed by atoms with Gasteiger partial charge in [-0.05, 0) is 32.9 Å². The van der Waals surface area contributed by atoms with E-state index in [1.165, 1.54) is 17.8 Å². The van der Waals surface area contributed by atoms with Crippen molar-refractivity contribution in [3.63, 3.8) is 0 Å². The Hall–Kier alpha value is -3.16. The van der Waals surface area contributed by atoms with Crippen LogP contribution in [-0.4, -0.2) is 61.6 Å². The van der Waals surface area contributed by atoms with Gasteiger partial charge in [-0.15, -0.1) is 0 Å². The molecule has 0 spiro atoms.